The van der Waals surface area contributed by atoms with Crippen LogP contribution in [-0.4, -0.2) is 73.7 Å². The van der Waals surface area contributed by atoms with Gasteiger partial charge in [0.05, 0.1) is 33.0 Å². The molecule has 172 valence electrons. The van der Waals surface area contributed by atoms with Crippen molar-refractivity contribution >= 4 is 5.96 Å². The molecule has 2 aromatic rings. The Morgan fingerprint density at radius 1 is 1.26 bits per heavy atom. The van der Waals surface area contributed by atoms with Gasteiger partial charge in [-0.1, -0.05) is 6.07 Å². The van der Waals surface area contributed by atoms with Gasteiger partial charge < -0.3 is 30.1 Å². The minimum atomic E-state index is -1.11. The van der Waals surface area contributed by atoms with Crippen molar-refractivity contribution in [3.63, 3.8) is 0 Å². The number of ether oxygens (including phenoxy) is 2. The number of benzene rings is 1. The molecule has 0 aliphatic rings. The number of aromatic nitrogens is 2. The second-order valence-corrected chi connectivity index (χ2v) is 7.85. The lowest BCUT2D eigenvalue weighted by molar-refractivity contribution is 0.0671. The minimum absolute atomic E-state index is 0.0718. The van der Waals surface area contributed by atoms with Gasteiger partial charge in [-0.3, -0.25) is 4.68 Å². The highest BCUT2D eigenvalue weighted by molar-refractivity contribution is 5.79. The molecule has 1 heterocycles. The largest absolute Gasteiger partial charge is 0.493 e. The molecule has 2 atom stereocenters. The summed E-state index contributed by atoms with van der Waals surface area (Å²) in [5.74, 6) is 2.03. The molecule has 31 heavy (non-hydrogen) atoms. The Morgan fingerprint density at radius 2 is 1.97 bits per heavy atom. The molecule has 0 aliphatic carbocycles. The number of guanidine groups is 1. The van der Waals surface area contributed by atoms with Crippen LogP contribution < -0.4 is 20.1 Å². The van der Waals surface area contributed by atoms with Crippen LogP contribution in [0.15, 0.2) is 35.6 Å². The molecule has 1 aromatic heterocycles. The van der Waals surface area contributed by atoms with Crippen LogP contribution in [0.2, 0.25) is 0 Å². The van der Waals surface area contributed by atoms with Crippen LogP contribution in [0.1, 0.15) is 31.0 Å². The number of hydrogen-bond donors (Lipinski definition) is 3. The van der Waals surface area contributed by atoms with E-state index in [2.05, 4.69) is 25.6 Å². The molecular formula is C22H36N6O3. The topological polar surface area (TPSA) is 96.2 Å². The van der Waals surface area contributed by atoms with Crippen LogP contribution in [-0.2, 0) is 12.6 Å². The van der Waals surface area contributed by atoms with Gasteiger partial charge in [0.25, 0.3) is 0 Å². The molecule has 1 aromatic carbocycles. The summed E-state index contributed by atoms with van der Waals surface area (Å²) in [6, 6.07) is 6.00. The molecule has 2 rings (SSSR count). The van der Waals surface area contributed by atoms with E-state index in [1.54, 1.807) is 38.2 Å². The fourth-order valence-electron chi connectivity index (χ4n) is 3.22. The smallest absolute Gasteiger partial charge is 0.191 e. The molecule has 0 radical (unpaired) electrons. The summed E-state index contributed by atoms with van der Waals surface area (Å²) in [7, 11) is 9.14. The summed E-state index contributed by atoms with van der Waals surface area (Å²) in [5, 5.41) is 21.6. The molecule has 2 unspecified atom stereocenters. The number of hydrogen-bond acceptors (Lipinski definition) is 6. The minimum Gasteiger partial charge on any atom is -0.493 e. The molecule has 0 amide bonds. The Hall–Kier alpha value is -2.78. The lowest BCUT2D eigenvalue weighted by Crippen LogP contribution is -2.42. The Bertz CT molecular complexity index is 863. The summed E-state index contributed by atoms with van der Waals surface area (Å²) in [4.78, 5) is 6.73. The first-order chi connectivity index (χ1) is 14.7. The number of nitrogens with zero attached hydrogens (tertiary/aromatic N) is 4. The van der Waals surface area contributed by atoms with Crippen molar-refractivity contribution in [2.75, 3.05) is 47.9 Å². The van der Waals surface area contributed by atoms with Gasteiger partial charge in [0, 0.05) is 31.9 Å². The van der Waals surface area contributed by atoms with Gasteiger partial charge in [0.15, 0.2) is 17.5 Å². The Morgan fingerprint density at radius 3 is 2.52 bits per heavy atom. The second kappa shape index (κ2) is 11.0. The van der Waals surface area contributed by atoms with Crippen molar-refractivity contribution < 1.29 is 14.6 Å². The van der Waals surface area contributed by atoms with Crippen LogP contribution in [0.25, 0.3) is 0 Å². The zero-order valence-corrected chi connectivity index (χ0v) is 19.6. The SMILES string of the molecule is CCNC(=NCC(C)(O)c1cnn(C)c1)NCC(c1ccc(OC)c(OC)c1)N(C)C. The first-order valence-electron chi connectivity index (χ1n) is 10.3. The number of methoxy groups -OCH3 is 2. The van der Waals surface area contributed by atoms with E-state index in [4.69, 9.17) is 9.47 Å². The van der Waals surface area contributed by atoms with Gasteiger partial charge in [-0.25, -0.2) is 4.99 Å². The molecule has 9 nitrogen and oxygen atoms in total. The Balaban J connectivity index is 2.14. The molecule has 0 fully saturated rings. The third-order valence-corrected chi connectivity index (χ3v) is 5.09. The molecule has 0 saturated carbocycles. The van der Waals surface area contributed by atoms with Crippen molar-refractivity contribution in [2.45, 2.75) is 25.5 Å². The van der Waals surface area contributed by atoms with E-state index >= 15 is 0 Å². The summed E-state index contributed by atoms with van der Waals surface area (Å²) in [5.41, 5.74) is 0.709. The number of aryl methyl sites for hydroxylation is 1. The average molecular weight is 433 g/mol. The van der Waals surface area contributed by atoms with Crippen molar-refractivity contribution in [3.05, 3.63) is 41.7 Å². The number of aliphatic imine (C=N–C) groups is 1. The van der Waals surface area contributed by atoms with Crippen LogP contribution in [0.5, 0.6) is 11.5 Å². The fourth-order valence-corrected chi connectivity index (χ4v) is 3.22. The molecule has 0 aliphatic heterocycles. The fraction of sp³-hybridized carbons (Fsp3) is 0.545. The highest BCUT2D eigenvalue weighted by atomic mass is 16.5. The number of nitrogens with one attached hydrogen (secondary N) is 2. The van der Waals surface area contributed by atoms with Gasteiger partial charge in [0.1, 0.15) is 5.60 Å². The Kier molecular flexibility index (Phi) is 8.70. The predicted octanol–water partition coefficient (Wildman–Crippen LogP) is 1.50. The maximum atomic E-state index is 10.8. The number of rotatable bonds is 10. The average Bonchev–Trinajstić information content (AvgIpc) is 3.19. The highest BCUT2D eigenvalue weighted by Gasteiger charge is 2.25. The molecule has 9 heteroatoms. The summed E-state index contributed by atoms with van der Waals surface area (Å²) in [6.07, 6.45) is 3.46. The van der Waals surface area contributed by atoms with E-state index in [0.717, 1.165) is 11.1 Å². The van der Waals surface area contributed by atoms with E-state index in [-0.39, 0.29) is 12.6 Å². The summed E-state index contributed by atoms with van der Waals surface area (Å²) < 4.78 is 12.5. The van der Waals surface area contributed by atoms with E-state index in [1.165, 1.54) is 0 Å². The molecule has 3 N–H and O–H groups in total. The molecule has 0 saturated heterocycles. The maximum Gasteiger partial charge on any atom is 0.191 e. The normalized spacial score (nSPS) is 14.8. The van der Waals surface area contributed by atoms with E-state index in [9.17, 15) is 5.11 Å². The van der Waals surface area contributed by atoms with E-state index in [0.29, 0.717) is 30.5 Å². The molecular weight excluding hydrogens is 396 g/mol. The first kappa shape index (κ1) is 24.5. The standard InChI is InChI=1S/C22H36N6O3/c1-8-23-21(25-15-22(2,29)17-12-26-28(5)14-17)24-13-18(27(3)4)16-9-10-19(30-6)20(11-16)31-7/h9-12,14,18,29H,8,13,15H2,1-7H3,(H2,23,24,25). The third kappa shape index (κ3) is 6.60. The third-order valence-electron chi connectivity index (χ3n) is 5.09. The second-order valence-electron chi connectivity index (χ2n) is 7.85. The lowest BCUT2D eigenvalue weighted by Gasteiger charge is -2.27. The monoisotopic (exact) mass is 432 g/mol. The highest BCUT2D eigenvalue weighted by Crippen LogP contribution is 2.31. The van der Waals surface area contributed by atoms with Crippen LogP contribution in [0, 0.1) is 0 Å². The predicted molar refractivity (Wildman–Crippen MR) is 123 cm³/mol. The van der Waals surface area contributed by atoms with E-state index in [1.807, 2.05) is 46.3 Å². The molecule has 0 bridgehead atoms. The molecule has 0 spiro atoms. The summed E-state index contributed by atoms with van der Waals surface area (Å²) in [6.45, 7) is 5.28. The van der Waals surface area contributed by atoms with Crippen LogP contribution in [0.3, 0.4) is 0 Å². The van der Waals surface area contributed by atoms with Crippen molar-refractivity contribution in [3.8, 4) is 11.5 Å². The van der Waals surface area contributed by atoms with Gasteiger partial charge in [-0.05, 0) is 45.6 Å². The quantitative estimate of drug-likeness (QED) is 0.387. The van der Waals surface area contributed by atoms with E-state index < -0.39 is 5.60 Å². The van der Waals surface area contributed by atoms with Crippen LogP contribution >= 0.6 is 0 Å². The zero-order valence-electron chi connectivity index (χ0n) is 19.6. The van der Waals surface area contributed by atoms with Crippen LogP contribution in [0.4, 0.5) is 0 Å². The number of aliphatic hydroxyl groups is 1. The lowest BCUT2D eigenvalue weighted by atomic mass is 10.0. The van der Waals surface area contributed by atoms with Crippen molar-refractivity contribution in [1.29, 1.82) is 0 Å². The summed E-state index contributed by atoms with van der Waals surface area (Å²) >= 11 is 0. The van der Waals surface area contributed by atoms with Gasteiger partial charge in [-0.2, -0.15) is 5.10 Å². The number of likely N-dealkylation sites (N-methyl/N-ethyl adjacent to an activating group) is 1. The maximum absolute atomic E-state index is 10.8. The van der Waals surface area contributed by atoms with Crippen molar-refractivity contribution in [1.82, 2.24) is 25.3 Å². The first-order valence-corrected chi connectivity index (χ1v) is 10.3. The van der Waals surface area contributed by atoms with Gasteiger partial charge >= 0.3 is 0 Å². The van der Waals surface area contributed by atoms with Gasteiger partial charge in [-0.15, -0.1) is 0 Å². The zero-order chi connectivity index (χ0) is 23.0. The van der Waals surface area contributed by atoms with Crippen molar-refractivity contribution in [2.24, 2.45) is 12.0 Å². The Labute approximate surface area is 185 Å². The van der Waals surface area contributed by atoms with Gasteiger partial charge in [0.2, 0.25) is 0 Å².